The molecular weight excluding hydrogens is 382 g/mol. The van der Waals surface area contributed by atoms with Crippen molar-refractivity contribution in [2.45, 2.75) is 11.3 Å². The van der Waals surface area contributed by atoms with Gasteiger partial charge < -0.3 is 10.6 Å². The van der Waals surface area contributed by atoms with Crippen LogP contribution in [0.15, 0.2) is 53.4 Å². The summed E-state index contributed by atoms with van der Waals surface area (Å²) in [7, 11) is 1.75. The third-order valence-corrected chi connectivity index (χ3v) is 4.91. The third kappa shape index (κ3) is 7.62. The molecule has 2 aromatic rings. The van der Waals surface area contributed by atoms with Crippen LogP contribution in [0.1, 0.15) is 5.56 Å². The molecule has 5 nitrogen and oxygen atoms in total. The molecule has 0 aromatic heterocycles. The Bertz CT molecular complexity index is 768. The zero-order valence-corrected chi connectivity index (χ0v) is 17.1. The minimum atomic E-state index is -0.145. The molecule has 27 heavy (non-hydrogen) atoms. The van der Waals surface area contributed by atoms with Gasteiger partial charge in [-0.1, -0.05) is 35.9 Å². The maximum absolute atomic E-state index is 12.2. The smallest absolute Gasteiger partial charge is 0.238 e. The summed E-state index contributed by atoms with van der Waals surface area (Å²) in [6.07, 6.45) is 2.70. The number of thioether (sulfide) groups is 1. The van der Waals surface area contributed by atoms with E-state index in [0.717, 1.165) is 22.6 Å². The average Bonchev–Trinajstić information content (AvgIpc) is 2.63. The molecule has 7 heteroatoms. The van der Waals surface area contributed by atoms with Gasteiger partial charge in [0, 0.05) is 16.5 Å². The van der Waals surface area contributed by atoms with Crippen LogP contribution in [0.5, 0.6) is 0 Å². The molecule has 0 aliphatic heterocycles. The van der Waals surface area contributed by atoms with Gasteiger partial charge in [0.15, 0.2) is 0 Å². The Morgan fingerprint density at radius 3 is 2.41 bits per heavy atom. The fourth-order valence-electron chi connectivity index (χ4n) is 2.54. The molecule has 0 unspecified atom stereocenters. The van der Waals surface area contributed by atoms with E-state index >= 15 is 0 Å². The number of hydrogen-bond acceptors (Lipinski definition) is 4. The Hall–Kier alpha value is -2.02. The van der Waals surface area contributed by atoms with Crippen molar-refractivity contribution in [3.05, 3.63) is 59.1 Å². The minimum absolute atomic E-state index is 0.108. The zero-order chi connectivity index (χ0) is 19.6. The molecule has 0 bridgehead atoms. The molecule has 0 fully saturated rings. The molecule has 0 heterocycles. The lowest BCUT2D eigenvalue weighted by molar-refractivity contribution is -0.122. The van der Waals surface area contributed by atoms with Gasteiger partial charge in [0.05, 0.1) is 18.8 Å². The molecule has 0 radical (unpaired) electrons. The van der Waals surface area contributed by atoms with Crippen molar-refractivity contribution >= 4 is 40.9 Å². The Labute approximate surface area is 169 Å². The molecule has 2 aromatic carbocycles. The highest BCUT2D eigenvalue weighted by atomic mass is 35.5. The maximum Gasteiger partial charge on any atom is 0.238 e. The number of carbonyl (C=O) groups is 2. The second-order valence-corrected chi connectivity index (χ2v) is 7.43. The number of rotatable bonds is 9. The first-order chi connectivity index (χ1) is 13.0. The lowest BCUT2D eigenvalue weighted by Crippen LogP contribution is -2.39. The van der Waals surface area contributed by atoms with E-state index in [1.165, 1.54) is 0 Å². The third-order valence-electron chi connectivity index (χ3n) is 3.86. The molecule has 2 rings (SSSR count). The first-order valence-electron chi connectivity index (χ1n) is 8.60. The zero-order valence-electron chi connectivity index (χ0n) is 15.5. The average molecular weight is 406 g/mol. The fourth-order valence-corrected chi connectivity index (χ4v) is 3.22. The van der Waals surface area contributed by atoms with Crippen molar-refractivity contribution in [2.24, 2.45) is 0 Å². The summed E-state index contributed by atoms with van der Waals surface area (Å²) < 4.78 is 0. The predicted molar refractivity (Wildman–Crippen MR) is 113 cm³/mol. The summed E-state index contributed by atoms with van der Waals surface area (Å²) in [4.78, 5) is 26.9. The second-order valence-electron chi connectivity index (χ2n) is 6.15. The van der Waals surface area contributed by atoms with Crippen molar-refractivity contribution in [1.82, 2.24) is 10.2 Å². The minimum Gasteiger partial charge on any atom is -0.355 e. The number of carbonyl (C=O) groups excluding carboxylic acids is 2. The van der Waals surface area contributed by atoms with Crippen LogP contribution in [0.4, 0.5) is 5.69 Å². The number of hydrogen-bond donors (Lipinski definition) is 2. The number of nitrogens with zero attached hydrogens (tertiary/aromatic N) is 1. The van der Waals surface area contributed by atoms with Crippen molar-refractivity contribution < 1.29 is 9.59 Å². The number of halogens is 1. The van der Waals surface area contributed by atoms with Gasteiger partial charge >= 0.3 is 0 Å². The molecule has 144 valence electrons. The largest absolute Gasteiger partial charge is 0.355 e. The number of likely N-dealkylation sites (N-methyl/N-ethyl adjacent to an activating group) is 1. The maximum atomic E-state index is 12.2. The molecule has 0 aliphatic rings. The van der Waals surface area contributed by atoms with Gasteiger partial charge in [-0.25, -0.2) is 0 Å². The molecule has 0 spiro atoms. The molecule has 2 amide bonds. The topological polar surface area (TPSA) is 61.4 Å². The number of anilines is 1. The highest BCUT2D eigenvalue weighted by molar-refractivity contribution is 7.98. The summed E-state index contributed by atoms with van der Waals surface area (Å²) in [5, 5.41) is 6.46. The standard InChI is InChI=1S/C20H24ClN3O2S/c1-24(14-20(26)23-17-5-3-4-6-18(17)27-2)13-19(25)22-12-11-15-7-9-16(21)10-8-15/h3-10H,11-14H2,1-2H3,(H,22,25)(H,23,26). The Morgan fingerprint density at radius 2 is 1.70 bits per heavy atom. The van der Waals surface area contributed by atoms with Gasteiger partial charge in [0.1, 0.15) is 0 Å². The van der Waals surface area contributed by atoms with E-state index in [1.54, 1.807) is 23.7 Å². The first-order valence-corrected chi connectivity index (χ1v) is 10.2. The Kier molecular flexibility index (Phi) is 8.64. The van der Waals surface area contributed by atoms with E-state index in [4.69, 9.17) is 11.6 Å². The molecule has 0 saturated carbocycles. The lowest BCUT2D eigenvalue weighted by atomic mass is 10.1. The van der Waals surface area contributed by atoms with Gasteiger partial charge in [0.2, 0.25) is 11.8 Å². The summed E-state index contributed by atoms with van der Waals surface area (Å²) in [6, 6.07) is 15.2. The quantitative estimate of drug-likeness (QED) is 0.628. The van der Waals surface area contributed by atoms with Crippen LogP contribution in [0, 0.1) is 0 Å². The number of para-hydroxylation sites is 1. The highest BCUT2D eigenvalue weighted by Gasteiger charge is 2.12. The van der Waals surface area contributed by atoms with Crippen molar-refractivity contribution in [1.29, 1.82) is 0 Å². The Balaban J connectivity index is 1.70. The predicted octanol–water partition coefficient (Wildman–Crippen LogP) is 3.29. The van der Waals surface area contributed by atoms with Crippen LogP contribution in [-0.2, 0) is 16.0 Å². The summed E-state index contributed by atoms with van der Waals surface area (Å²) >= 11 is 7.43. The number of benzene rings is 2. The molecule has 2 N–H and O–H groups in total. The van der Waals surface area contributed by atoms with E-state index in [9.17, 15) is 9.59 Å². The van der Waals surface area contributed by atoms with Crippen LogP contribution in [0.2, 0.25) is 5.02 Å². The summed E-state index contributed by atoms with van der Waals surface area (Å²) in [6.45, 7) is 0.854. The summed E-state index contributed by atoms with van der Waals surface area (Å²) in [5.41, 5.74) is 1.90. The van der Waals surface area contributed by atoms with Gasteiger partial charge in [-0.3, -0.25) is 14.5 Å². The fraction of sp³-hybridized carbons (Fsp3) is 0.300. The SMILES string of the molecule is CSc1ccccc1NC(=O)CN(C)CC(=O)NCCc1ccc(Cl)cc1. The first kappa shape index (κ1) is 21.3. The van der Waals surface area contributed by atoms with Crippen LogP contribution >= 0.6 is 23.4 Å². The normalized spacial score (nSPS) is 10.7. The van der Waals surface area contributed by atoms with E-state index in [1.807, 2.05) is 54.8 Å². The summed E-state index contributed by atoms with van der Waals surface area (Å²) in [5.74, 6) is -0.253. The van der Waals surface area contributed by atoms with E-state index in [-0.39, 0.29) is 24.9 Å². The van der Waals surface area contributed by atoms with Gasteiger partial charge in [-0.15, -0.1) is 11.8 Å². The van der Waals surface area contributed by atoms with Crippen molar-refractivity contribution in [2.75, 3.05) is 38.3 Å². The van der Waals surface area contributed by atoms with Crippen LogP contribution < -0.4 is 10.6 Å². The van der Waals surface area contributed by atoms with Crippen molar-refractivity contribution in [3.63, 3.8) is 0 Å². The second kappa shape index (κ2) is 11.0. The number of nitrogens with one attached hydrogen (secondary N) is 2. The lowest BCUT2D eigenvalue weighted by Gasteiger charge is -2.16. The Morgan fingerprint density at radius 1 is 1.04 bits per heavy atom. The molecule has 0 saturated heterocycles. The van der Waals surface area contributed by atoms with E-state index in [2.05, 4.69) is 10.6 Å². The van der Waals surface area contributed by atoms with E-state index in [0.29, 0.717) is 11.6 Å². The van der Waals surface area contributed by atoms with Gasteiger partial charge in [-0.2, -0.15) is 0 Å². The van der Waals surface area contributed by atoms with Crippen LogP contribution in [-0.4, -0.2) is 49.7 Å². The van der Waals surface area contributed by atoms with Crippen LogP contribution in [0.3, 0.4) is 0 Å². The van der Waals surface area contributed by atoms with Gasteiger partial charge in [0.25, 0.3) is 0 Å². The number of amides is 2. The highest BCUT2D eigenvalue weighted by Crippen LogP contribution is 2.24. The monoisotopic (exact) mass is 405 g/mol. The van der Waals surface area contributed by atoms with Gasteiger partial charge in [-0.05, 0) is 49.6 Å². The van der Waals surface area contributed by atoms with E-state index < -0.39 is 0 Å². The van der Waals surface area contributed by atoms with Crippen LogP contribution in [0.25, 0.3) is 0 Å². The molecule has 0 aliphatic carbocycles. The molecule has 0 atom stereocenters. The van der Waals surface area contributed by atoms with Crippen molar-refractivity contribution in [3.8, 4) is 0 Å². The molecular formula is C20H24ClN3O2S.